The SMILES string of the molecule is CNc1cc(N2CCC(C)C(O)C2)nc(C(F)(F)F)n1. The van der Waals surface area contributed by atoms with Crippen LogP contribution in [-0.2, 0) is 6.18 Å². The van der Waals surface area contributed by atoms with Gasteiger partial charge in [-0.05, 0) is 12.3 Å². The Morgan fingerprint density at radius 2 is 2.10 bits per heavy atom. The number of nitrogens with one attached hydrogen (secondary N) is 1. The molecule has 2 N–H and O–H groups in total. The van der Waals surface area contributed by atoms with Crippen LogP contribution in [0.15, 0.2) is 6.07 Å². The van der Waals surface area contributed by atoms with Gasteiger partial charge >= 0.3 is 6.18 Å². The Labute approximate surface area is 114 Å². The van der Waals surface area contributed by atoms with Crippen molar-refractivity contribution in [2.75, 3.05) is 30.4 Å². The summed E-state index contributed by atoms with van der Waals surface area (Å²) in [4.78, 5) is 8.65. The molecule has 2 unspecified atom stereocenters. The average molecular weight is 290 g/mol. The van der Waals surface area contributed by atoms with Gasteiger partial charge in [-0.2, -0.15) is 13.2 Å². The third-order valence-corrected chi connectivity index (χ3v) is 3.46. The first-order valence-electron chi connectivity index (χ1n) is 6.38. The molecule has 0 amide bonds. The van der Waals surface area contributed by atoms with Crippen LogP contribution < -0.4 is 10.2 Å². The zero-order valence-electron chi connectivity index (χ0n) is 11.3. The zero-order chi connectivity index (χ0) is 14.9. The van der Waals surface area contributed by atoms with Crippen molar-refractivity contribution in [2.24, 2.45) is 5.92 Å². The third-order valence-electron chi connectivity index (χ3n) is 3.46. The van der Waals surface area contributed by atoms with E-state index in [1.807, 2.05) is 6.92 Å². The van der Waals surface area contributed by atoms with Gasteiger partial charge < -0.3 is 15.3 Å². The second-order valence-corrected chi connectivity index (χ2v) is 4.96. The quantitative estimate of drug-likeness (QED) is 0.869. The second kappa shape index (κ2) is 5.43. The molecule has 1 aromatic heterocycles. The van der Waals surface area contributed by atoms with Gasteiger partial charge in [-0.15, -0.1) is 0 Å². The third kappa shape index (κ3) is 3.12. The summed E-state index contributed by atoms with van der Waals surface area (Å²) < 4.78 is 38.3. The van der Waals surface area contributed by atoms with E-state index >= 15 is 0 Å². The van der Waals surface area contributed by atoms with E-state index < -0.39 is 18.1 Å². The maximum absolute atomic E-state index is 12.8. The maximum atomic E-state index is 12.8. The summed E-state index contributed by atoms with van der Waals surface area (Å²) in [5.41, 5.74) is 0. The van der Waals surface area contributed by atoms with E-state index in [0.29, 0.717) is 13.0 Å². The smallest absolute Gasteiger partial charge is 0.391 e. The molecule has 20 heavy (non-hydrogen) atoms. The van der Waals surface area contributed by atoms with Gasteiger partial charge in [0.05, 0.1) is 6.10 Å². The lowest BCUT2D eigenvalue weighted by molar-refractivity contribution is -0.144. The van der Waals surface area contributed by atoms with Gasteiger partial charge in [0, 0.05) is 26.2 Å². The Bertz CT molecular complexity index is 480. The first-order valence-corrected chi connectivity index (χ1v) is 6.38. The fourth-order valence-corrected chi connectivity index (χ4v) is 2.11. The van der Waals surface area contributed by atoms with Crippen LogP contribution in [0.25, 0.3) is 0 Å². The number of aromatic nitrogens is 2. The summed E-state index contributed by atoms with van der Waals surface area (Å²) in [7, 11) is 1.50. The number of alkyl halides is 3. The molecule has 2 heterocycles. The molecule has 1 aliphatic rings. The van der Waals surface area contributed by atoms with Crippen molar-refractivity contribution in [3.8, 4) is 0 Å². The molecule has 1 aliphatic heterocycles. The minimum absolute atomic E-state index is 0.107. The number of anilines is 2. The van der Waals surface area contributed by atoms with Crippen LogP contribution in [0.5, 0.6) is 0 Å². The molecule has 0 saturated carbocycles. The van der Waals surface area contributed by atoms with Gasteiger partial charge in [-0.25, -0.2) is 9.97 Å². The van der Waals surface area contributed by atoms with Gasteiger partial charge in [-0.3, -0.25) is 0 Å². The molecule has 5 nitrogen and oxygen atoms in total. The second-order valence-electron chi connectivity index (χ2n) is 4.96. The van der Waals surface area contributed by atoms with Crippen LogP contribution in [0.4, 0.5) is 24.8 Å². The largest absolute Gasteiger partial charge is 0.451 e. The van der Waals surface area contributed by atoms with Gasteiger partial charge in [0.2, 0.25) is 5.82 Å². The first kappa shape index (κ1) is 14.8. The predicted molar refractivity (Wildman–Crippen MR) is 68.6 cm³/mol. The number of β-amino-alcohol motifs (C(OH)–C–C–N with tert-alkyl or cyclic N) is 1. The van der Waals surface area contributed by atoms with E-state index in [0.717, 1.165) is 0 Å². The Hall–Kier alpha value is -1.57. The number of aliphatic hydroxyl groups excluding tert-OH is 1. The highest BCUT2D eigenvalue weighted by Crippen LogP contribution is 2.30. The van der Waals surface area contributed by atoms with E-state index in [-0.39, 0.29) is 24.1 Å². The van der Waals surface area contributed by atoms with E-state index in [1.54, 1.807) is 4.90 Å². The van der Waals surface area contributed by atoms with Crippen LogP contribution in [0.2, 0.25) is 0 Å². The molecule has 1 aromatic rings. The summed E-state index contributed by atoms with van der Waals surface area (Å²) in [6.07, 6.45) is -4.45. The molecule has 0 aliphatic carbocycles. The molecule has 2 atom stereocenters. The topological polar surface area (TPSA) is 61.3 Å². The Balaban J connectivity index is 2.31. The lowest BCUT2D eigenvalue weighted by Gasteiger charge is -2.35. The summed E-state index contributed by atoms with van der Waals surface area (Å²) in [6, 6.07) is 1.46. The van der Waals surface area contributed by atoms with E-state index in [2.05, 4.69) is 15.3 Å². The Morgan fingerprint density at radius 1 is 1.40 bits per heavy atom. The fraction of sp³-hybridized carbons (Fsp3) is 0.667. The molecule has 1 saturated heterocycles. The Morgan fingerprint density at radius 3 is 2.65 bits per heavy atom. The minimum Gasteiger partial charge on any atom is -0.391 e. The number of rotatable bonds is 2. The summed E-state index contributed by atoms with van der Waals surface area (Å²) in [5.74, 6) is -0.746. The van der Waals surface area contributed by atoms with Gasteiger partial charge in [0.1, 0.15) is 11.6 Å². The number of aliphatic hydroxyl groups is 1. The molecular formula is C12H17F3N4O. The molecule has 8 heteroatoms. The van der Waals surface area contributed by atoms with Crippen LogP contribution in [0, 0.1) is 5.92 Å². The Kier molecular flexibility index (Phi) is 4.03. The lowest BCUT2D eigenvalue weighted by atomic mass is 9.96. The highest BCUT2D eigenvalue weighted by atomic mass is 19.4. The molecular weight excluding hydrogens is 273 g/mol. The van der Waals surface area contributed by atoms with Crippen molar-refractivity contribution in [1.29, 1.82) is 0 Å². The number of halogens is 3. The van der Waals surface area contributed by atoms with E-state index in [9.17, 15) is 18.3 Å². The molecule has 1 fully saturated rings. The predicted octanol–water partition coefficient (Wildman–Crippen LogP) is 1.74. The van der Waals surface area contributed by atoms with Crippen molar-refractivity contribution in [3.05, 3.63) is 11.9 Å². The summed E-state index contributed by atoms with van der Waals surface area (Å²) in [5, 5.41) is 12.4. The van der Waals surface area contributed by atoms with Crippen molar-refractivity contribution in [1.82, 2.24) is 9.97 Å². The molecule has 0 aromatic carbocycles. The van der Waals surface area contributed by atoms with Crippen LogP contribution in [-0.4, -0.2) is 41.3 Å². The van der Waals surface area contributed by atoms with Crippen molar-refractivity contribution in [3.63, 3.8) is 0 Å². The first-order chi connectivity index (χ1) is 9.31. The average Bonchev–Trinajstić information content (AvgIpc) is 2.40. The summed E-state index contributed by atoms with van der Waals surface area (Å²) in [6.45, 7) is 2.76. The number of nitrogens with zero attached hydrogens (tertiary/aromatic N) is 3. The highest BCUT2D eigenvalue weighted by Gasteiger charge is 2.36. The lowest BCUT2D eigenvalue weighted by Crippen LogP contribution is -2.43. The van der Waals surface area contributed by atoms with Gasteiger partial charge in [-0.1, -0.05) is 6.92 Å². The van der Waals surface area contributed by atoms with Crippen molar-refractivity contribution in [2.45, 2.75) is 25.6 Å². The van der Waals surface area contributed by atoms with Crippen molar-refractivity contribution >= 4 is 11.6 Å². The van der Waals surface area contributed by atoms with Gasteiger partial charge in [0.15, 0.2) is 0 Å². The number of hydrogen-bond acceptors (Lipinski definition) is 5. The monoisotopic (exact) mass is 290 g/mol. The van der Waals surface area contributed by atoms with Gasteiger partial charge in [0.25, 0.3) is 0 Å². The maximum Gasteiger partial charge on any atom is 0.451 e. The molecule has 112 valence electrons. The van der Waals surface area contributed by atoms with E-state index in [4.69, 9.17) is 0 Å². The van der Waals surface area contributed by atoms with Crippen LogP contribution >= 0.6 is 0 Å². The fourth-order valence-electron chi connectivity index (χ4n) is 2.11. The van der Waals surface area contributed by atoms with Crippen LogP contribution in [0.1, 0.15) is 19.2 Å². The molecule has 0 spiro atoms. The molecule has 0 radical (unpaired) electrons. The highest BCUT2D eigenvalue weighted by molar-refractivity contribution is 5.49. The number of piperidine rings is 1. The molecule has 2 rings (SSSR count). The minimum atomic E-state index is -4.59. The standard InChI is InChI=1S/C12H17F3N4O/c1-7-3-4-19(6-8(7)20)10-5-9(16-2)17-11(18-10)12(13,14)15/h5,7-8,20H,3-4,6H2,1-2H3,(H,16,17,18). The van der Waals surface area contributed by atoms with E-state index in [1.165, 1.54) is 13.1 Å². The normalized spacial score (nSPS) is 23.8. The number of hydrogen-bond donors (Lipinski definition) is 2. The van der Waals surface area contributed by atoms with Crippen LogP contribution in [0.3, 0.4) is 0 Å². The zero-order valence-corrected chi connectivity index (χ0v) is 11.3. The van der Waals surface area contributed by atoms with Crippen molar-refractivity contribution < 1.29 is 18.3 Å². The summed E-state index contributed by atoms with van der Waals surface area (Å²) >= 11 is 0. The molecule has 0 bridgehead atoms.